The van der Waals surface area contributed by atoms with Crippen LogP contribution in [-0.2, 0) is 31.4 Å². The van der Waals surface area contributed by atoms with Crippen molar-refractivity contribution in [1.29, 1.82) is 0 Å². The molecule has 0 spiro atoms. The second kappa shape index (κ2) is 8.57. The van der Waals surface area contributed by atoms with E-state index in [1.165, 1.54) is 15.9 Å². The van der Waals surface area contributed by atoms with Gasteiger partial charge in [0.15, 0.2) is 0 Å². The normalized spacial score (nSPS) is 20.2. The van der Waals surface area contributed by atoms with Crippen LogP contribution in [0.4, 0.5) is 5.69 Å². The van der Waals surface area contributed by atoms with Crippen LogP contribution in [0.3, 0.4) is 0 Å². The number of nitrogens with one attached hydrogen (secondary N) is 1. The number of carbonyl (C=O) groups excluding carboxylic acids is 2. The van der Waals surface area contributed by atoms with Crippen molar-refractivity contribution in [2.45, 2.75) is 56.4 Å². The molecule has 2 heterocycles. The van der Waals surface area contributed by atoms with Crippen LogP contribution < -0.4 is 10.2 Å². The quantitative estimate of drug-likeness (QED) is 0.705. The largest absolute Gasteiger partial charge is 0.354 e. The number of benzene rings is 2. The van der Waals surface area contributed by atoms with Gasteiger partial charge in [0.25, 0.3) is 0 Å². The summed E-state index contributed by atoms with van der Waals surface area (Å²) in [7, 11) is -2.18. The first kappa shape index (κ1) is 23.4. The molecule has 1 fully saturated rings. The van der Waals surface area contributed by atoms with Gasteiger partial charge in [0, 0.05) is 25.8 Å². The monoisotopic (exact) mass is 469 g/mol. The zero-order valence-corrected chi connectivity index (χ0v) is 20.4. The van der Waals surface area contributed by atoms with Gasteiger partial charge in [0.05, 0.1) is 10.3 Å². The number of aryl methyl sites for hydroxylation is 1. The topological polar surface area (TPSA) is 86.8 Å². The molecule has 8 heteroatoms. The Morgan fingerprint density at radius 3 is 2.55 bits per heavy atom. The summed E-state index contributed by atoms with van der Waals surface area (Å²) < 4.78 is 28.3. The smallest absolute Gasteiger partial charge is 0.243 e. The first-order valence-corrected chi connectivity index (χ1v) is 12.8. The fourth-order valence-corrected chi connectivity index (χ4v) is 6.42. The fraction of sp³-hybridized carbons (Fsp3) is 0.440. The Bertz CT molecular complexity index is 1190. The first-order chi connectivity index (χ1) is 15.5. The molecule has 1 N–H and O–H groups in total. The van der Waals surface area contributed by atoms with Crippen LogP contribution in [0, 0.1) is 6.92 Å². The minimum absolute atomic E-state index is 0.0703. The van der Waals surface area contributed by atoms with Gasteiger partial charge in [-0.2, -0.15) is 4.31 Å². The number of rotatable bonds is 6. The second-order valence-electron chi connectivity index (χ2n) is 9.47. The summed E-state index contributed by atoms with van der Waals surface area (Å²) in [4.78, 5) is 27.1. The molecular weight excluding hydrogens is 438 g/mol. The SMILES string of the molecule is Cc1ccc(CCNC(=O)C2CCCN2S(=O)(=O)c2ccc3c(c2)C(C)(C)C(=O)N3C)cc1. The first-order valence-electron chi connectivity index (χ1n) is 11.3. The Kier molecular flexibility index (Phi) is 6.09. The summed E-state index contributed by atoms with van der Waals surface area (Å²) in [5.74, 6) is -0.335. The number of likely N-dealkylation sites (N-methyl/N-ethyl adjacent to an activating group) is 1. The zero-order chi connectivity index (χ0) is 24.0. The van der Waals surface area contributed by atoms with Crippen LogP contribution in [0.25, 0.3) is 0 Å². The van der Waals surface area contributed by atoms with Crippen molar-refractivity contribution in [3.05, 3.63) is 59.2 Å². The van der Waals surface area contributed by atoms with E-state index in [2.05, 4.69) is 5.32 Å². The molecule has 1 saturated heterocycles. The van der Waals surface area contributed by atoms with Gasteiger partial charge in [-0.3, -0.25) is 9.59 Å². The predicted molar refractivity (Wildman–Crippen MR) is 128 cm³/mol. The molecule has 176 valence electrons. The third-order valence-electron chi connectivity index (χ3n) is 6.79. The maximum atomic E-state index is 13.5. The number of anilines is 1. The molecular formula is C25H31N3O4S. The third-order valence-corrected chi connectivity index (χ3v) is 8.69. The second-order valence-corrected chi connectivity index (χ2v) is 11.4. The van der Waals surface area contributed by atoms with Gasteiger partial charge in [0.2, 0.25) is 21.8 Å². The Labute approximate surface area is 195 Å². The van der Waals surface area contributed by atoms with Crippen LogP contribution >= 0.6 is 0 Å². The van der Waals surface area contributed by atoms with Crippen LogP contribution in [0.5, 0.6) is 0 Å². The average Bonchev–Trinajstić information content (AvgIpc) is 3.35. The molecule has 2 aromatic rings. The minimum atomic E-state index is -3.88. The molecule has 4 rings (SSSR count). The summed E-state index contributed by atoms with van der Waals surface area (Å²) >= 11 is 0. The molecule has 0 saturated carbocycles. The van der Waals surface area contributed by atoms with E-state index < -0.39 is 21.5 Å². The molecule has 0 aliphatic carbocycles. The summed E-state index contributed by atoms with van der Waals surface area (Å²) in [6.07, 6.45) is 1.81. The van der Waals surface area contributed by atoms with E-state index in [1.807, 2.05) is 31.2 Å². The van der Waals surface area contributed by atoms with E-state index in [4.69, 9.17) is 0 Å². The Morgan fingerprint density at radius 2 is 1.85 bits per heavy atom. The van der Waals surface area contributed by atoms with E-state index in [0.29, 0.717) is 37.9 Å². The third kappa shape index (κ3) is 4.17. The van der Waals surface area contributed by atoms with E-state index in [9.17, 15) is 18.0 Å². The molecule has 2 aromatic carbocycles. The molecule has 1 atom stereocenters. The van der Waals surface area contributed by atoms with Crippen molar-refractivity contribution in [1.82, 2.24) is 9.62 Å². The minimum Gasteiger partial charge on any atom is -0.354 e. The lowest BCUT2D eigenvalue weighted by molar-refractivity contribution is -0.124. The van der Waals surface area contributed by atoms with Crippen LogP contribution in [0.2, 0.25) is 0 Å². The lowest BCUT2D eigenvalue weighted by Crippen LogP contribution is -2.46. The molecule has 0 radical (unpaired) electrons. The number of amides is 2. The maximum Gasteiger partial charge on any atom is 0.243 e. The molecule has 2 aliphatic heterocycles. The van der Waals surface area contributed by atoms with Gasteiger partial charge >= 0.3 is 0 Å². The molecule has 33 heavy (non-hydrogen) atoms. The van der Waals surface area contributed by atoms with Crippen molar-refractivity contribution in [2.75, 3.05) is 25.0 Å². The molecule has 0 aromatic heterocycles. The lowest BCUT2D eigenvalue weighted by atomic mass is 9.86. The summed E-state index contributed by atoms with van der Waals surface area (Å²) in [5.41, 5.74) is 2.91. The predicted octanol–water partition coefficient (Wildman–Crippen LogP) is 2.76. The average molecular weight is 470 g/mol. The fourth-order valence-electron chi connectivity index (χ4n) is 4.74. The van der Waals surface area contributed by atoms with Gasteiger partial charge in [0.1, 0.15) is 6.04 Å². The van der Waals surface area contributed by atoms with Crippen LogP contribution in [0.15, 0.2) is 47.4 Å². The molecule has 1 unspecified atom stereocenters. The summed E-state index contributed by atoms with van der Waals surface area (Å²) in [5, 5.41) is 2.91. The number of sulfonamides is 1. The zero-order valence-electron chi connectivity index (χ0n) is 19.6. The van der Waals surface area contributed by atoms with Gasteiger partial charge in [-0.25, -0.2) is 8.42 Å². The summed E-state index contributed by atoms with van der Waals surface area (Å²) in [6.45, 7) is 6.38. The van der Waals surface area contributed by atoms with E-state index >= 15 is 0 Å². The Balaban J connectivity index is 1.50. The van der Waals surface area contributed by atoms with E-state index in [-0.39, 0.29) is 16.7 Å². The van der Waals surface area contributed by atoms with Crippen molar-refractivity contribution >= 4 is 27.5 Å². The Morgan fingerprint density at radius 1 is 1.15 bits per heavy atom. The van der Waals surface area contributed by atoms with E-state index in [0.717, 1.165) is 11.3 Å². The number of carbonyl (C=O) groups is 2. The maximum absolute atomic E-state index is 13.5. The molecule has 7 nitrogen and oxygen atoms in total. The Hall–Kier alpha value is -2.71. The van der Waals surface area contributed by atoms with Gasteiger partial charge < -0.3 is 10.2 Å². The standard InChI is InChI=1S/C25H31N3O4S/c1-17-7-9-18(10-8-17)13-14-26-23(29)22-6-5-15-28(22)33(31,32)19-11-12-21-20(16-19)25(2,3)24(30)27(21)4/h7-12,16,22H,5-6,13-15H2,1-4H3,(H,26,29). The van der Waals surface area contributed by atoms with Crippen LogP contribution in [-0.4, -0.2) is 50.7 Å². The number of hydrogen-bond donors (Lipinski definition) is 1. The number of nitrogens with zero attached hydrogens (tertiary/aromatic N) is 2. The number of hydrogen-bond acceptors (Lipinski definition) is 4. The van der Waals surface area contributed by atoms with Crippen molar-refractivity contribution in [3.8, 4) is 0 Å². The molecule has 0 bridgehead atoms. The van der Waals surface area contributed by atoms with Crippen molar-refractivity contribution in [2.24, 2.45) is 0 Å². The highest BCUT2D eigenvalue weighted by atomic mass is 32.2. The van der Waals surface area contributed by atoms with E-state index in [1.54, 1.807) is 37.9 Å². The van der Waals surface area contributed by atoms with Gasteiger partial charge in [-0.1, -0.05) is 29.8 Å². The van der Waals surface area contributed by atoms with Crippen molar-refractivity contribution in [3.63, 3.8) is 0 Å². The highest BCUT2D eigenvalue weighted by Crippen LogP contribution is 2.42. The summed E-state index contributed by atoms with van der Waals surface area (Å²) in [6, 6.07) is 12.2. The molecule has 2 amide bonds. The lowest BCUT2D eigenvalue weighted by Gasteiger charge is -2.24. The highest BCUT2D eigenvalue weighted by Gasteiger charge is 2.44. The molecule has 2 aliphatic rings. The number of fused-ring (bicyclic) bond motifs is 1. The van der Waals surface area contributed by atoms with Crippen molar-refractivity contribution < 1.29 is 18.0 Å². The van der Waals surface area contributed by atoms with Gasteiger partial charge in [-0.15, -0.1) is 0 Å². The van der Waals surface area contributed by atoms with Crippen LogP contribution in [0.1, 0.15) is 43.4 Å². The highest BCUT2D eigenvalue weighted by molar-refractivity contribution is 7.89. The van der Waals surface area contributed by atoms with Gasteiger partial charge in [-0.05, 0) is 69.4 Å².